The third kappa shape index (κ3) is 6.44. The summed E-state index contributed by atoms with van der Waals surface area (Å²) in [5.41, 5.74) is 2.43. The van der Waals surface area contributed by atoms with Crippen LogP contribution in [0, 0.1) is 0 Å². The molecule has 2 aromatic heterocycles. The van der Waals surface area contributed by atoms with Gasteiger partial charge in [0.05, 0.1) is 24.7 Å². The maximum atomic E-state index is 13.2. The number of hydrogen-bond acceptors (Lipinski definition) is 8. The van der Waals surface area contributed by atoms with Crippen molar-refractivity contribution in [2.75, 3.05) is 32.1 Å². The topological polar surface area (TPSA) is 120 Å². The number of esters is 1. The highest BCUT2D eigenvalue weighted by molar-refractivity contribution is 6.06. The van der Waals surface area contributed by atoms with E-state index in [4.69, 9.17) is 14.2 Å². The number of pyridine rings is 2. The summed E-state index contributed by atoms with van der Waals surface area (Å²) in [6, 6.07) is 3.70. The molecule has 1 aliphatic carbocycles. The van der Waals surface area contributed by atoms with Gasteiger partial charge in [-0.3, -0.25) is 4.79 Å². The Balaban J connectivity index is 1.38. The smallest absolute Gasteiger partial charge is 0.410 e. The van der Waals surface area contributed by atoms with Gasteiger partial charge in [-0.15, -0.1) is 0 Å². The predicted octanol–water partition coefficient (Wildman–Crippen LogP) is 3.93. The van der Waals surface area contributed by atoms with Crippen LogP contribution in [0.5, 0.6) is 0 Å². The third-order valence-corrected chi connectivity index (χ3v) is 6.51. The van der Waals surface area contributed by atoms with Gasteiger partial charge in [0.25, 0.3) is 0 Å². The highest BCUT2D eigenvalue weighted by Gasteiger charge is 2.51. The van der Waals surface area contributed by atoms with Gasteiger partial charge in [0.1, 0.15) is 17.1 Å². The number of nitrogens with zero attached hydrogens (tertiary/aromatic N) is 3. The molecule has 208 valence electrons. The molecule has 2 aliphatic rings. The number of fused-ring (bicyclic) bond motifs is 3. The monoisotopic (exact) mass is 536 g/mol. The first-order valence-corrected chi connectivity index (χ1v) is 13.1. The maximum absolute atomic E-state index is 13.2. The molecule has 0 fully saturated rings. The van der Waals surface area contributed by atoms with E-state index in [1.165, 1.54) is 4.90 Å². The Labute approximate surface area is 228 Å². The Morgan fingerprint density at radius 3 is 2.62 bits per heavy atom. The number of amides is 2. The summed E-state index contributed by atoms with van der Waals surface area (Å²) in [4.78, 5) is 47.8. The van der Waals surface area contributed by atoms with Gasteiger partial charge in [0, 0.05) is 31.5 Å². The predicted molar refractivity (Wildman–Crippen MR) is 145 cm³/mol. The van der Waals surface area contributed by atoms with Crippen LogP contribution in [0.1, 0.15) is 67.4 Å². The zero-order chi connectivity index (χ0) is 28.4. The molecule has 0 aromatic carbocycles. The number of hydrogen-bond donors (Lipinski definition) is 1. The molecule has 1 aliphatic heterocycles. The minimum absolute atomic E-state index is 0.105. The van der Waals surface area contributed by atoms with E-state index in [1.54, 1.807) is 39.4 Å². The molecule has 3 heterocycles. The summed E-state index contributed by atoms with van der Waals surface area (Å²) in [7, 11) is 1.67. The molecule has 10 nitrogen and oxygen atoms in total. The molecular weight excluding hydrogens is 500 g/mol. The first kappa shape index (κ1) is 28.2. The van der Waals surface area contributed by atoms with E-state index in [0.717, 1.165) is 22.3 Å². The lowest BCUT2D eigenvalue weighted by Crippen LogP contribution is -2.36. The normalized spacial score (nSPS) is 17.9. The van der Waals surface area contributed by atoms with Crippen molar-refractivity contribution in [1.82, 2.24) is 14.9 Å². The van der Waals surface area contributed by atoms with E-state index in [-0.39, 0.29) is 23.8 Å². The Bertz CT molecular complexity index is 1300. The lowest BCUT2D eigenvalue weighted by molar-refractivity contribution is -0.120. The fourth-order valence-corrected chi connectivity index (χ4v) is 4.65. The average molecular weight is 537 g/mol. The summed E-state index contributed by atoms with van der Waals surface area (Å²) in [5, 5.41) is 2.92. The summed E-state index contributed by atoms with van der Waals surface area (Å²) in [6.45, 7) is 10.2. The van der Waals surface area contributed by atoms with Gasteiger partial charge in [-0.05, 0) is 76.3 Å². The van der Waals surface area contributed by atoms with Crippen molar-refractivity contribution in [2.24, 2.45) is 0 Å². The highest BCUT2D eigenvalue weighted by atomic mass is 16.6. The van der Waals surface area contributed by atoms with Crippen LogP contribution in [-0.4, -0.2) is 71.3 Å². The summed E-state index contributed by atoms with van der Waals surface area (Å²) in [6.07, 6.45) is 7.44. The molecule has 4 rings (SSSR count). The highest BCUT2D eigenvalue weighted by Crippen LogP contribution is 2.46. The molecule has 1 atom stereocenters. The van der Waals surface area contributed by atoms with Gasteiger partial charge in [0.15, 0.2) is 0 Å². The maximum Gasteiger partial charge on any atom is 0.410 e. The number of ether oxygens (including phenoxy) is 3. The minimum Gasteiger partial charge on any atom is -0.458 e. The number of carbonyl (C=O) groups is 3. The average Bonchev–Trinajstić information content (AvgIpc) is 3.36. The van der Waals surface area contributed by atoms with E-state index >= 15 is 0 Å². The van der Waals surface area contributed by atoms with Gasteiger partial charge < -0.3 is 24.4 Å². The van der Waals surface area contributed by atoms with Gasteiger partial charge in [-0.1, -0.05) is 12.2 Å². The van der Waals surface area contributed by atoms with Crippen LogP contribution in [-0.2, 0) is 37.3 Å². The molecule has 2 aromatic rings. The number of nitrogens with one attached hydrogen (secondary N) is 1. The molecule has 0 saturated heterocycles. The van der Waals surface area contributed by atoms with Crippen molar-refractivity contribution in [3.8, 4) is 0 Å². The number of likely N-dealkylation sites (N-methyl/N-ethyl adjacent to an activating group) is 1. The fraction of sp³-hybridized carbons (Fsp3) is 0.483. The van der Waals surface area contributed by atoms with Gasteiger partial charge in [-0.25, -0.2) is 19.6 Å². The number of aromatic nitrogens is 2. The van der Waals surface area contributed by atoms with Crippen molar-refractivity contribution < 1.29 is 28.6 Å². The van der Waals surface area contributed by atoms with Crippen LogP contribution in [0.15, 0.2) is 30.6 Å². The Hall–Kier alpha value is -3.79. The number of rotatable bonds is 8. The molecule has 10 heteroatoms. The van der Waals surface area contributed by atoms with Crippen LogP contribution in [0.4, 0.5) is 10.6 Å². The van der Waals surface area contributed by atoms with E-state index < -0.39 is 17.0 Å². The third-order valence-electron chi connectivity index (χ3n) is 6.51. The van der Waals surface area contributed by atoms with Crippen LogP contribution in [0.25, 0.3) is 6.08 Å². The lowest BCUT2D eigenvalue weighted by Gasteiger charge is -2.24. The van der Waals surface area contributed by atoms with Crippen LogP contribution in [0.3, 0.4) is 0 Å². The second-order valence-corrected chi connectivity index (χ2v) is 11.2. The molecule has 39 heavy (non-hydrogen) atoms. The van der Waals surface area contributed by atoms with Crippen LogP contribution in [0.2, 0.25) is 0 Å². The molecule has 1 spiro atoms. The molecular formula is C29H36N4O6. The van der Waals surface area contributed by atoms with Crippen molar-refractivity contribution in [1.29, 1.82) is 0 Å². The molecule has 1 N–H and O–H groups in total. The summed E-state index contributed by atoms with van der Waals surface area (Å²) in [5.74, 6) is -0.0253. The van der Waals surface area contributed by atoms with E-state index in [2.05, 4.69) is 15.3 Å². The SMILES string of the molecule is CC(C)OC(=O)c1cc2c(cn1)C[C@@]1(C2)C(=O)Nc2ncc(/C=C/COCCN(C)C(=O)OC(C)(C)C)cc21. The zero-order valence-corrected chi connectivity index (χ0v) is 23.4. The Morgan fingerprint density at radius 1 is 1.15 bits per heavy atom. The first-order valence-electron chi connectivity index (χ1n) is 13.1. The first-order chi connectivity index (χ1) is 18.4. The van der Waals surface area contributed by atoms with Crippen molar-refractivity contribution >= 4 is 29.9 Å². The molecule has 2 amide bonds. The lowest BCUT2D eigenvalue weighted by atomic mass is 9.79. The summed E-state index contributed by atoms with van der Waals surface area (Å²) >= 11 is 0. The van der Waals surface area contributed by atoms with Crippen LogP contribution < -0.4 is 5.32 Å². The molecule has 0 unspecified atom stereocenters. The van der Waals surface area contributed by atoms with Crippen molar-refractivity contribution in [3.05, 3.63) is 58.6 Å². The number of carbonyl (C=O) groups excluding carboxylic acids is 3. The minimum atomic E-state index is -0.792. The van der Waals surface area contributed by atoms with Crippen molar-refractivity contribution in [3.63, 3.8) is 0 Å². The summed E-state index contributed by atoms with van der Waals surface area (Å²) < 4.78 is 16.2. The molecule has 0 saturated carbocycles. The zero-order valence-electron chi connectivity index (χ0n) is 23.4. The van der Waals surface area contributed by atoms with Crippen LogP contribution >= 0.6 is 0 Å². The second kappa shape index (κ2) is 11.1. The molecule has 0 radical (unpaired) electrons. The van der Waals surface area contributed by atoms with Gasteiger partial charge >= 0.3 is 12.1 Å². The largest absolute Gasteiger partial charge is 0.458 e. The fourth-order valence-electron chi connectivity index (χ4n) is 4.65. The number of anilines is 1. The quantitative estimate of drug-likeness (QED) is 0.398. The second-order valence-electron chi connectivity index (χ2n) is 11.2. The Morgan fingerprint density at radius 2 is 1.90 bits per heavy atom. The van der Waals surface area contributed by atoms with E-state index in [1.807, 2.05) is 39.0 Å². The van der Waals surface area contributed by atoms with E-state index in [0.29, 0.717) is 38.4 Å². The molecule has 0 bridgehead atoms. The van der Waals surface area contributed by atoms with Crippen molar-refractivity contribution in [2.45, 2.75) is 64.6 Å². The van der Waals surface area contributed by atoms with Gasteiger partial charge in [-0.2, -0.15) is 0 Å². The van der Waals surface area contributed by atoms with Gasteiger partial charge in [0.2, 0.25) is 5.91 Å². The Kier molecular flexibility index (Phi) is 8.06. The standard InChI is InChI=1S/C29H36N4O6/c1-18(2)38-25(34)23-13-20-14-29(15-21(20)17-30-23)22-12-19(16-31-24(22)32-26(29)35)8-7-10-37-11-9-33(6)27(36)39-28(3,4)5/h7-8,12-13,16-18H,9-11,14-15H2,1-6H3,(H,31,32,35)/b8-7+/t29-/m1/s1. The van der Waals surface area contributed by atoms with E-state index in [9.17, 15) is 14.4 Å².